The molecule has 126 valence electrons. The largest absolute Gasteiger partial charge is 0.446 e. The van der Waals surface area contributed by atoms with Crippen LogP contribution < -0.4 is 5.32 Å². The van der Waals surface area contributed by atoms with E-state index in [9.17, 15) is 18.0 Å². The van der Waals surface area contributed by atoms with Crippen molar-refractivity contribution in [1.29, 1.82) is 0 Å². The van der Waals surface area contributed by atoms with Crippen molar-refractivity contribution in [3.8, 4) is 0 Å². The molecule has 1 aliphatic rings. The third-order valence-corrected chi connectivity index (χ3v) is 4.32. The molecule has 1 N–H and O–H groups in total. The summed E-state index contributed by atoms with van der Waals surface area (Å²) in [6.07, 6.45) is 4.50. The number of benzene rings is 1. The van der Waals surface area contributed by atoms with Gasteiger partial charge in [-0.1, -0.05) is 0 Å². The van der Waals surface area contributed by atoms with E-state index in [-0.39, 0.29) is 22.4 Å². The van der Waals surface area contributed by atoms with Gasteiger partial charge in [0.25, 0.3) is 0 Å². The molecule has 0 fully saturated rings. The zero-order chi connectivity index (χ0) is 17.2. The summed E-state index contributed by atoms with van der Waals surface area (Å²) < 4.78 is 36.9. The molecule has 0 aliphatic heterocycles. The van der Waals surface area contributed by atoms with Gasteiger partial charge in [-0.3, -0.25) is 4.79 Å². The van der Waals surface area contributed by atoms with Crippen LogP contribution in [0.1, 0.15) is 35.3 Å². The molecule has 0 atom stereocenters. The van der Waals surface area contributed by atoms with Crippen LogP contribution in [0.4, 0.5) is 24.8 Å². The highest BCUT2D eigenvalue weighted by atomic mass is 32.2. The Morgan fingerprint density at radius 1 is 1.08 bits per heavy atom. The van der Waals surface area contributed by atoms with E-state index in [1.54, 1.807) is 0 Å². The Morgan fingerprint density at radius 3 is 2.50 bits per heavy atom. The van der Waals surface area contributed by atoms with Crippen LogP contribution >= 0.6 is 11.8 Å². The van der Waals surface area contributed by atoms with Crippen LogP contribution in [0.5, 0.6) is 0 Å². The summed E-state index contributed by atoms with van der Waals surface area (Å²) in [6.45, 7) is 0. The molecule has 8 heteroatoms. The average Bonchev–Trinajstić information content (AvgIpc) is 2.69. The Morgan fingerprint density at radius 2 is 1.79 bits per heavy atom. The van der Waals surface area contributed by atoms with Crippen LogP contribution in [0.2, 0.25) is 0 Å². The maximum Gasteiger partial charge on any atom is 0.446 e. The lowest BCUT2D eigenvalue weighted by Gasteiger charge is -2.09. The van der Waals surface area contributed by atoms with Crippen LogP contribution in [-0.4, -0.2) is 21.3 Å². The number of Topliss-reactive ketones (excluding diaryl/α,β-unsaturated/α-hetero) is 1. The molecule has 24 heavy (non-hydrogen) atoms. The number of nitrogens with one attached hydrogen (secondary N) is 1. The molecule has 2 aromatic rings. The summed E-state index contributed by atoms with van der Waals surface area (Å²) in [6, 6.07) is 5.84. The minimum Gasteiger partial charge on any atom is -0.324 e. The van der Waals surface area contributed by atoms with Gasteiger partial charge in [0.2, 0.25) is 5.95 Å². The van der Waals surface area contributed by atoms with Crippen molar-refractivity contribution < 1.29 is 18.0 Å². The lowest BCUT2D eigenvalue weighted by atomic mass is 10.1. The number of anilines is 2. The lowest BCUT2D eigenvalue weighted by Crippen LogP contribution is -2.07. The first-order valence-electron chi connectivity index (χ1n) is 7.43. The van der Waals surface area contributed by atoms with E-state index in [1.165, 1.54) is 30.5 Å². The number of alkyl halides is 3. The zero-order valence-corrected chi connectivity index (χ0v) is 13.4. The van der Waals surface area contributed by atoms with Crippen LogP contribution in [0.15, 0.2) is 35.4 Å². The fraction of sp³-hybridized carbons (Fsp3) is 0.312. The Hall–Kier alpha value is -2.09. The first-order valence-corrected chi connectivity index (χ1v) is 8.24. The number of aromatic nitrogens is 2. The van der Waals surface area contributed by atoms with Crippen LogP contribution in [-0.2, 0) is 6.42 Å². The maximum absolute atomic E-state index is 12.3. The number of thioether (sulfide) groups is 1. The normalized spacial score (nSPS) is 14.9. The van der Waals surface area contributed by atoms with E-state index in [0.717, 1.165) is 25.0 Å². The smallest absolute Gasteiger partial charge is 0.324 e. The number of carbonyl (C=O) groups is 1. The van der Waals surface area contributed by atoms with Crippen molar-refractivity contribution >= 4 is 29.2 Å². The summed E-state index contributed by atoms with van der Waals surface area (Å²) in [5.74, 6) is 0.391. The quantitative estimate of drug-likeness (QED) is 0.638. The molecule has 3 rings (SSSR count). The van der Waals surface area contributed by atoms with E-state index in [2.05, 4.69) is 15.3 Å². The van der Waals surface area contributed by atoms with Gasteiger partial charge in [-0.2, -0.15) is 13.2 Å². The predicted octanol–water partition coefficient (Wildman–Crippen LogP) is 4.74. The van der Waals surface area contributed by atoms with Gasteiger partial charge in [-0.25, -0.2) is 9.97 Å². The minimum absolute atomic E-state index is 0.0579. The summed E-state index contributed by atoms with van der Waals surface area (Å²) in [5, 5.41) is 2.96. The molecule has 0 saturated carbocycles. The van der Waals surface area contributed by atoms with Crippen molar-refractivity contribution in [3.63, 3.8) is 0 Å². The minimum atomic E-state index is -4.30. The Labute approximate surface area is 140 Å². The molecule has 1 aliphatic carbocycles. The van der Waals surface area contributed by atoms with E-state index < -0.39 is 5.51 Å². The van der Waals surface area contributed by atoms with Gasteiger partial charge < -0.3 is 5.32 Å². The number of nitrogens with zero attached hydrogens (tertiary/aromatic N) is 2. The lowest BCUT2D eigenvalue weighted by molar-refractivity contribution is -0.0328. The maximum atomic E-state index is 12.3. The third-order valence-electron chi connectivity index (χ3n) is 3.58. The van der Waals surface area contributed by atoms with Crippen molar-refractivity contribution in [1.82, 2.24) is 9.97 Å². The first kappa shape index (κ1) is 16.8. The molecule has 1 heterocycles. The van der Waals surface area contributed by atoms with E-state index in [0.29, 0.717) is 23.6 Å². The molecule has 1 aromatic carbocycles. The number of hydrogen-bond donors (Lipinski definition) is 1. The van der Waals surface area contributed by atoms with Crippen LogP contribution in [0.25, 0.3) is 0 Å². The van der Waals surface area contributed by atoms with Gasteiger partial charge >= 0.3 is 5.51 Å². The number of hydrogen-bond acceptors (Lipinski definition) is 5. The predicted molar refractivity (Wildman–Crippen MR) is 85.6 cm³/mol. The topological polar surface area (TPSA) is 54.9 Å². The fourth-order valence-electron chi connectivity index (χ4n) is 2.48. The summed E-state index contributed by atoms with van der Waals surface area (Å²) in [4.78, 5) is 20.6. The van der Waals surface area contributed by atoms with Crippen molar-refractivity contribution in [2.45, 2.75) is 36.1 Å². The van der Waals surface area contributed by atoms with Crippen molar-refractivity contribution in [2.24, 2.45) is 0 Å². The molecule has 0 spiro atoms. The summed E-state index contributed by atoms with van der Waals surface area (Å²) in [5.41, 5.74) is -2.43. The summed E-state index contributed by atoms with van der Waals surface area (Å²) in [7, 11) is 0. The Balaban J connectivity index is 1.74. The Kier molecular flexibility index (Phi) is 4.75. The summed E-state index contributed by atoms with van der Waals surface area (Å²) >= 11 is -0.160. The SMILES string of the molecule is O=C1CCCCc2nc(Nc3ccc(SC(F)(F)F)cc3)ncc21. The molecule has 0 unspecified atom stereocenters. The number of ketones is 1. The number of fused-ring (bicyclic) bond motifs is 1. The van der Waals surface area contributed by atoms with Gasteiger partial charge in [-0.15, -0.1) is 0 Å². The van der Waals surface area contributed by atoms with E-state index >= 15 is 0 Å². The van der Waals surface area contributed by atoms with Gasteiger partial charge in [0.15, 0.2) is 5.78 Å². The Bertz CT molecular complexity index is 747. The van der Waals surface area contributed by atoms with E-state index in [1.807, 2.05) is 0 Å². The molecule has 1 aromatic heterocycles. The van der Waals surface area contributed by atoms with Gasteiger partial charge in [0.1, 0.15) is 0 Å². The molecule has 4 nitrogen and oxygen atoms in total. The highest BCUT2D eigenvalue weighted by molar-refractivity contribution is 8.00. The van der Waals surface area contributed by atoms with Gasteiger partial charge in [-0.05, 0) is 55.3 Å². The second-order valence-electron chi connectivity index (χ2n) is 5.38. The average molecular weight is 353 g/mol. The number of halogens is 3. The standard InChI is InChI=1S/C16H14F3N3OS/c17-16(18,19)24-11-7-5-10(6-8-11)21-15-20-9-12-13(22-15)3-1-2-4-14(12)23/h5-9H,1-4H2,(H,20,21,22). The van der Waals surface area contributed by atoms with Gasteiger partial charge in [0, 0.05) is 23.2 Å². The van der Waals surface area contributed by atoms with Gasteiger partial charge in [0.05, 0.1) is 11.3 Å². The third kappa shape index (κ3) is 4.25. The molecule has 0 radical (unpaired) electrons. The fourth-order valence-corrected chi connectivity index (χ4v) is 3.02. The molecular weight excluding hydrogens is 339 g/mol. The number of aryl methyl sites for hydroxylation is 1. The second-order valence-corrected chi connectivity index (χ2v) is 6.52. The highest BCUT2D eigenvalue weighted by Crippen LogP contribution is 2.37. The number of rotatable bonds is 3. The molecule has 0 bridgehead atoms. The molecular formula is C16H14F3N3OS. The molecule has 0 saturated heterocycles. The zero-order valence-electron chi connectivity index (χ0n) is 12.6. The van der Waals surface area contributed by atoms with Crippen LogP contribution in [0.3, 0.4) is 0 Å². The van der Waals surface area contributed by atoms with Crippen molar-refractivity contribution in [3.05, 3.63) is 41.7 Å². The van der Waals surface area contributed by atoms with Crippen molar-refractivity contribution in [2.75, 3.05) is 5.32 Å². The first-order chi connectivity index (χ1) is 11.4. The number of carbonyl (C=O) groups excluding carboxylic acids is 1. The molecule has 0 amide bonds. The highest BCUT2D eigenvalue weighted by Gasteiger charge is 2.29. The van der Waals surface area contributed by atoms with E-state index in [4.69, 9.17) is 0 Å². The second kappa shape index (κ2) is 6.80. The monoisotopic (exact) mass is 353 g/mol. The van der Waals surface area contributed by atoms with Crippen LogP contribution in [0, 0.1) is 0 Å².